The molecule has 14 heteroatoms. The highest BCUT2D eigenvalue weighted by Gasteiger charge is 2.36. The first-order valence-corrected chi connectivity index (χ1v) is 12.2. The van der Waals surface area contributed by atoms with Gasteiger partial charge in [-0.05, 0) is 35.4 Å². The summed E-state index contributed by atoms with van der Waals surface area (Å²) in [7, 11) is 1.50. The predicted octanol–water partition coefficient (Wildman–Crippen LogP) is 3.04. The van der Waals surface area contributed by atoms with Crippen molar-refractivity contribution in [2.75, 3.05) is 30.0 Å². The molecule has 0 bridgehead atoms. The number of aliphatic hydroxyl groups is 1. The number of nitrogens with one attached hydrogen (secondary N) is 1. The molecule has 4 rings (SSSR count). The summed E-state index contributed by atoms with van der Waals surface area (Å²) < 4.78 is 55.4. The van der Waals surface area contributed by atoms with Crippen molar-refractivity contribution in [1.29, 1.82) is 0 Å². The number of rotatable bonds is 11. The van der Waals surface area contributed by atoms with Crippen molar-refractivity contribution in [2.24, 2.45) is 7.05 Å². The molecule has 1 aromatic heterocycles. The van der Waals surface area contributed by atoms with Gasteiger partial charge in [-0.3, -0.25) is 13.9 Å². The highest BCUT2D eigenvalue weighted by molar-refractivity contribution is 6.30. The van der Waals surface area contributed by atoms with Crippen LogP contribution >= 0.6 is 11.6 Å². The van der Waals surface area contributed by atoms with Crippen LogP contribution in [-0.2, 0) is 36.2 Å². The Hall–Kier alpha value is -3.52. The number of fused-ring (bicyclic) bond motifs is 1. The van der Waals surface area contributed by atoms with E-state index in [4.69, 9.17) is 26.2 Å². The zero-order valence-corrected chi connectivity index (χ0v) is 21.5. The maximum absolute atomic E-state index is 13.5. The summed E-state index contributed by atoms with van der Waals surface area (Å²) in [5.41, 5.74) is 0.202. The maximum Gasteiger partial charge on any atom is 0.573 e. The van der Waals surface area contributed by atoms with Crippen LogP contribution in [0.4, 0.5) is 24.7 Å². The van der Waals surface area contributed by atoms with Gasteiger partial charge in [0.2, 0.25) is 6.35 Å². The van der Waals surface area contributed by atoms with Crippen LogP contribution in [0.15, 0.2) is 58.1 Å². The molecule has 0 amide bonds. The normalized spacial score (nSPS) is 14.8. The molecule has 0 saturated carbocycles. The summed E-state index contributed by atoms with van der Waals surface area (Å²) in [5, 5.41) is 12.5. The Labute approximate surface area is 225 Å². The van der Waals surface area contributed by atoms with Gasteiger partial charge in [0.15, 0.2) is 0 Å². The summed E-state index contributed by atoms with van der Waals surface area (Å²) in [4.78, 5) is 28.1. The fourth-order valence-electron chi connectivity index (χ4n) is 4.10. The fraction of sp³-hybridized carbons (Fsp3) is 0.360. The van der Waals surface area contributed by atoms with Crippen molar-refractivity contribution >= 4 is 23.1 Å². The third kappa shape index (κ3) is 6.92. The Morgan fingerprint density at radius 1 is 1.08 bits per heavy atom. The summed E-state index contributed by atoms with van der Waals surface area (Å²) in [6.45, 7) is -0.0710. The molecule has 0 spiro atoms. The lowest BCUT2D eigenvalue weighted by molar-refractivity contribution is -0.274. The molecule has 1 unspecified atom stereocenters. The third-order valence-electron chi connectivity index (χ3n) is 5.86. The average Bonchev–Trinajstić information content (AvgIpc) is 3.24. The Kier molecular flexibility index (Phi) is 8.85. The quantitative estimate of drug-likeness (QED) is 0.339. The van der Waals surface area contributed by atoms with Crippen molar-refractivity contribution in [2.45, 2.75) is 32.4 Å². The maximum atomic E-state index is 13.5. The minimum atomic E-state index is -4.84. The number of benzene rings is 2. The highest BCUT2D eigenvalue weighted by atomic mass is 35.5. The van der Waals surface area contributed by atoms with Crippen LogP contribution in [0.25, 0.3) is 0 Å². The number of aromatic nitrogens is 2. The summed E-state index contributed by atoms with van der Waals surface area (Å²) >= 11 is 6.01. The number of ether oxygens (including phenoxy) is 3. The van der Waals surface area contributed by atoms with Gasteiger partial charge in [-0.25, -0.2) is 4.79 Å². The van der Waals surface area contributed by atoms with Crippen molar-refractivity contribution < 1.29 is 32.5 Å². The number of aliphatic hydroxyl groups excluding tert-OH is 1. The number of hydrogen-bond donors (Lipinski definition) is 2. The fourth-order valence-corrected chi connectivity index (χ4v) is 4.22. The molecule has 2 heterocycles. The summed E-state index contributed by atoms with van der Waals surface area (Å²) in [6.07, 6.45) is -5.78. The molecular formula is C25H26ClF3N4O6. The molecule has 2 aromatic carbocycles. The molecule has 3 aromatic rings. The third-order valence-corrected chi connectivity index (χ3v) is 6.11. The number of hydrogen-bond acceptors (Lipinski definition) is 8. The van der Waals surface area contributed by atoms with E-state index in [1.54, 1.807) is 35.2 Å². The topological polar surface area (TPSA) is 107 Å². The molecule has 10 nitrogen and oxygen atoms in total. The minimum absolute atomic E-state index is 0.0366. The standard InChI is InChI=1S/C25H26ClF3N4O6/c1-31-21-20(22(35)32(24(31)36)9-11-37-12-10-34)33(14-16-5-7-18(26)8-6-16)23(30-21)38-15-17-3-2-4-19(13-17)39-25(27,28)29/h2-8,13,23,30,34H,9-12,14-15H2,1H3. The van der Waals surface area contributed by atoms with Gasteiger partial charge in [0, 0.05) is 18.6 Å². The van der Waals surface area contributed by atoms with Crippen LogP contribution in [0.5, 0.6) is 5.75 Å². The first kappa shape index (κ1) is 28.5. The van der Waals surface area contributed by atoms with Gasteiger partial charge >= 0.3 is 12.1 Å². The van der Waals surface area contributed by atoms with Gasteiger partial charge in [0.1, 0.15) is 17.3 Å². The Balaban J connectivity index is 1.64. The Morgan fingerprint density at radius 3 is 2.51 bits per heavy atom. The van der Waals surface area contributed by atoms with E-state index >= 15 is 0 Å². The second-order valence-electron chi connectivity index (χ2n) is 8.59. The van der Waals surface area contributed by atoms with Crippen molar-refractivity contribution in [3.05, 3.63) is 85.5 Å². The first-order chi connectivity index (χ1) is 18.6. The lowest BCUT2D eigenvalue weighted by Gasteiger charge is -2.26. The van der Waals surface area contributed by atoms with Crippen LogP contribution in [0.3, 0.4) is 0 Å². The van der Waals surface area contributed by atoms with Gasteiger partial charge in [0.25, 0.3) is 5.56 Å². The van der Waals surface area contributed by atoms with Crippen LogP contribution in [0, 0.1) is 0 Å². The van der Waals surface area contributed by atoms with Gasteiger partial charge in [-0.2, -0.15) is 0 Å². The summed E-state index contributed by atoms with van der Waals surface area (Å²) in [5.74, 6) is -0.163. The molecule has 1 aliphatic heterocycles. The van der Waals surface area contributed by atoms with Gasteiger partial charge in [0.05, 0.1) is 33.0 Å². The number of halogens is 4. The van der Waals surface area contributed by atoms with Crippen molar-refractivity contribution in [3.63, 3.8) is 0 Å². The van der Waals surface area contributed by atoms with Crippen molar-refractivity contribution in [1.82, 2.24) is 9.13 Å². The number of anilines is 2. The molecule has 2 N–H and O–H groups in total. The van der Waals surface area contributed by atoms with Crippen LogP contribution in [-0.4, -0.2) is 46.8 Å². The van der Waals surface area contributed by atoms with Gasteiger partial charge < -0.3 is 29.5 Å². The molecule has 1 atom stereocenters. The van der Waals surface area contributed by atoms with E-state index in [1.807, 2.05) is 0 Å². The van der Waals surface area contributed by atoms with E-state index in [-0.39, 0.29) is 51.0 Å². The first-order valence-electron chi connectivity index (χ1n) is 11.8. The largest absolute Gasteiger partial charge is 0.573 e. The second-order valence-corrected chi connectivity index (χ2v) is 9.03. The Morgan fingerprint density at radius 2 is 1.82 bits per heavy atom. The van der Waals surface area contributed by atoms with Gasteiger partial charge in [-0.1, -0.05) is 35.9 Å². The van der Waals surface area contributed by atoms with Gasteiger partial charge in [-0.15, -0.1) is 13.2 Å². The van der Waals surface area contributed by atoms with E-state index in [0.29, 0.717) is 10.6 Å². The monoisotopic (exact) mass is 570 g/mol. The zero-order chi connectivity index (χ0) is 28.2. The predicted molar refractivity (Wildman–Crippen MR) is 137 cm³/mol. The molecular weight excluding hydrogens is 545 g/mol. The van der Waals surface area contributed by atoms with E-state index in [0.717, 1.165) is 10.1 Å². The SMILES string of the molecule is Cn1c2c(c(=O)n(CCOCCO)c1=O)N(Cc1ccc(Cl)cc1)C(OCc1cccc(OC(F)(F)F)c1)N2. The lowest BCUT2D eigenvalue weighted by Crippen LogP contribution is -2.43. The average molecular weight is 571 g/mol. The molecule has 39 heavy (non-hydrogen) atoms. The molecule has 210 valence electrons. The summed E-state index contributed by atoms with van der Waals surface area (Å²) in [6, 6.07) is 12.3. The van der Waals surface area contributed by atoms with Crippen LogP contribution in [0.2, 0.25) is 5.02 Å². The Bertz CT molecular complexity index is 1410. The van der Waals surface area contributed by atoms with E-state index < -0.39 is 29.7 Å². The molecule has 0 aliphatic carbocycles. The van der Waals surface area contributed by atoms with E-state index in [2.05, 4.69) is 10.1 Å². The number of nitrogens with zero attached hydrogens (tertiary/aromatic N) is 3. The van der Waals surface area contributed by atoms with Crippen molar-refractivity contribution in [3.8, 4) is 5.75 Å². The second kappa shape index (κ2) is 12.1. The minimum Gasteiger partial charge on any atom is -0.406 e. The number of alkyl halides is 3. The van der Waals surface area contributed by atoms with E-state index in [1.165, 1.54) is 29.8 Å². The van der Waals surface area contributed by atoms with Crippen LogP contribution in [0.1, 0.15) is 11.1 Å². The van der Waals surface area contributed by atoms with E-state index in [9.17, 15) is 22.8 Å². The molecule has 0 saturated heterocycles. The highest BCUT2D eigenvalue weighted by Crippen LogP contribution is 2.33. The molecule has 0 fully saturated rings. The lowest BCUT2D eigenvalue weighted by atomic mass is 10.2. The zero-order valence-electron chi connectivity index (χ0n) is 20.8. The smallest absolute Gasteiger partial charge is 0.406 e. The molecule has 1 aliphatic rings. The van der Waals surface area contributed by atoms with Crippen LogP contribution < -0.4 is 26.2 Å². The molecule has 0 radical (unpaired) electrons.